The molecule has 1 amide bonds. The van der Waals surface area contributed by atoms with Crippen molar-refractivity contribution in [3.05, 3.63) is 47.0 Å². The summed E-state index contributed by atoms with van der Waals surface area (Å²) in [7, 11) is 3.34. The summed E-state index contributed by atoms with van der Waals surface area (Å²) in [6.07, 6.45) is 5.91. The number of fused-ring (bicyclic) bond motifs is 2. The summed E-state index contributed by atoms with van der Waals surface area (Å²) in [6, 6.07) is 10.2. The van der Waals surface area contributed by atoms with Crippen molar-refractivity contribution >= 4 is 5.91 Å². The molecule has 3 aliphatic rings. The lowest BCUT2D eigenvalue weighted by Crippen LogP contribution is -2.40. The number of rotatable bonds is 7. The lowest BCUT2D eigenvalue weighted by Gasteiger charge is -2.29. The topological polar surface area (TPSA) is 60.5 Å². The number of likely N-dealkylation sites (tertiary alicyclic amines) is 1. The van der Waals surface area contributed by atoms with Gasteiger partial charge in [-0.25, -0.2) is 0 Å². The Labute approximate surface area is 207 Å². The highest BCUT2D eigenvalue weighted by Crippen LogP contribution is 2.36. The Morgan fingerprint density at radius 1 is 0.971 bits per heavy atom. The number of hydrogen-bond acceptors (Lipinski definition) is 6. The van der Waals surface area contributed by atoms with Crippen LogP contribution in [-0.4, -0.2) is 69.4 Å². The van der Waals surface area contributed by atoms with Gasteiger partial charge in [0.1, 0.15) is 0 Å². The van der Waals surface area contributed by atoms with E-state index in [1.54, 1.807) is 14.2 Å². The minimum Gasteiger partial charge on any atom is -0.493 e. The highest BCUT2D eigenvalue weighted by Gasteiger charge is 2.27. The quantitative estimate of drug-likeness (QED) is 0.602. The number of benzene rings is 2. The van der Waals surface area contributed by atoms with Crippen molar-refractivity contribution in [1.82, 2.24) is 9.80 Å². The monoisotopic (exact) mass is 480 g/mol. The van der Waals surface area contributed by atoms with Crippen molar-refractivity contribution in [1.29, 1.82) is 0 Å². The van der Waals surface area contributed by atoms with Crippen LogP contribution in [0.2, 0.25) is 0 Å². The van der Waals surface area contributed by atoms with Gasteiger partial charge in [-0.15, -0.1) is 0 Å². The predicted molar refractivity (Wildman–Crippen MR) is 134 cm³/mol. The van der Waals surface area contributed by atoms with Crippen molar-refractivity contribution in [3.63, 3.8) is 0 Å². The van der Waals surface area contributed by atoms with Crippen molar-refractivity contribution in [3.8, 4) is 23.0 Å². The SMILES string of the molecule is COc1ccc(CCN2CCCCC(CN3CCc4cc5c(cc4CC3=O)OCO5)C2)cc1OC. The zero-order chi connectivity index (χ0) is 24.2. The number of nitrogens with zero attached hydrogens (tertiary/aromatic N) is 2. The molecule has 2 aromatic rings. The first-order valence-electron chi connectivity index (χ1n) is 12.8. The van der Waals surface area contributed by atoms with E-state index in [4.69, 9.17) is 18.9 Å². The van der Waals surface area contributed by atoms with Gasteiger partial charge in [0.15, 0.2) is 23.0 Å². The van der Waals surface area contributed by atoms with Crippen LogP contribution in [0.3, 0.4) is 0 Å². The van der Waals surface area contributed by atoms with Gasteiger partial charge < -0.3 is 28.7 Å². The first kappa shape index (κ1) is 23.8. The van der Waals surface area contributed by atoms with Crippen LogP contribution >= 0.6 is 0 Å². The van der Waals surface area contributed by atoms with Crippen LogP contribution in [0.1, 0.15) is 36.0 Å². The lowest BCUT2D eigenvalue weighted by atomic mass is 10.0. The summed E-state index contributed by atoms with van der Waals surface area (Å²) in [4.78, 5) is 17.8. The Hall–Kier alpha value is -2.93. The third-order valence-corrected chi connectivity index (χ3v) is 7.54. The number of carbonyl (C=O) groups is 1. The van der Waals surface area contributed by atoms with E-state index in [-0.39, 0.29) is 12.7 Å². The van der Waals surface area contributed by atoms with Crippen molar-refractivity contribution < 1.29 is 23.7 Å². The van der Waals surface area contributed by atoms with Crippen LogP contribution in [-0.2, 0) is 24.1 Å². The van der Waals surface area contributed by atoms with Gasteiger partial charge in [-0.1, -0.05) is 12.5 Å². The highest BCUT2D eigenvalue weighted by atomic mass is 16.7. The van der Waals surface area contributed by atoms with Crippen LogP contribution in [0, 0.1) is 5.92 Å². The van der Waals surface area contributed by atoms with Gasteiger partial charge in [0.2, 0.25) is 12.7 Å². The first-order valence-corrected chi connectivity index (χ1v) is 12.8. The molecular formula is C28H36N2O5. The summed E-state index contributed by atoms with van der Waals surface area (Å²) in [5.41, 5.74) is 3.55. The third-order valence-electron chi connectivity index (χ3n) is 7.54. The summed E-state index contributed by atoms with van der Waals surface area (Å²) in [5, 5.41) is 0. The van der Waals surface area contributed by atoms with Gasteiger partial charge in [0.25, 0.3) is 0 Å². The second-order valence-corrected chi connectivity index (χ2v) is 9.84. The van der Waals surface area contributed by atoms with Crippen LogP contribution < -0.4 is 18.9 Å². The van der Waals surface area contributed by atoms with Gasteiger partial charge in [-0.2, -0.15) is 0 Å². The van der Waals surface area contributed by atoms with E-state index >= 15 is 0 Å². The molecule has 0 aromatic heterocycles. The maximum Gasteiger partial charge on any atom is 0.231 e. The molecule has 5 rings (SSSR count). The number of hydrogen-bond donors (Lipinski definition) is 0. The number of methoxy groups -OCH3 is 2. The molecule has 2 aromatic carbocycles. The molecule has 3 aliphatic heterocycles. The van der Waals surface area contributed by atoms with Crippen molar-refractivity contribution in [2.24, 2.45) is 5.92 Å². The van der Waals surface area contributed by atoms with Gasteiger partial charge in [-0.3, -0.25) is 4.79 Å². The van der Waals surface area contributed by atoms with Gasteiger partial charge in [0.05, 0.1) is 20.6 Å². The van der Waals surface area contributed by atoms with Crippen LogP contribution in [0.15, 0.2) is 30.3 Å². The van der Waals surface area contributed by atoms with E-state index in [1.807, 2.05) is 12.1 Å². The molecule has 0 radical (unpaired) electrons. The summed E-state index contributed by atoms with van der Waals surface area (Å²) in [5.74, 6) is 3.84. The van der Waals surface area contributed by atoms with Crippen molar-refractivity contribution in [2.45, 2.75) is 38.5 Å². The Kier molecular flexibility index (Phi) is 7.32. The number of carbonyl (C=O) groups excluding carboxylic acids is 1. The maximum atomic E-state index is 13.2. The molecule has 3 heterocycles. The molecule has 0 bridgehead atoms. The molecule has 188 valence electrons. The van der Waals surface area contributed by atoms with Crippen LogP contribution in [0.25, 0.3) is 0 Å². The van der Waals surface area contributed by atoms with E-state index in [0.29, 0.717) is 12.3 Å². The minimum atomic E-state index is 0.226. The van der Waals surface area contributed by atoms with Gasteiger partial charge in [-0.05, 0) is 79.1 Å². The van der Waals surface area contributed by atoms with E-state index in [1.165, 1.54) is 30.4 Å². The fourth-order valence-corrected chi connectivity index (χ4v) is 5.57. The Bertz CT molecular complexity index is 1060. The van der Waals surface area contributed by atoms with Crippen LogP contribution in [0.4, 0.5) is 0 Å². The Balaban J connectivity index is 1.18. The predicted octanol–water partition coefficient (Wildman–Crippen LogP) is 3.70. The fourth-order valence-electron chi connectivity index (χ4n) is 5.57. The molecule has 0 aliphatic carbocycles. The molecular weight excluding hydrogens is 444 g/mol. The van der Waals surface area contributed by atoms with E-state index in [0.717, 1.165) is 74.1 Å². The molecule has 0 N–H and O–H groups in total. The van der Waals surface area contributed by atoms with Crippen LogP contribution in [0.5, 0.6) is 23.0 Å². The highest BCUT2D eigenvalue weighted by molar-refractivity contribution is 5.80. The standard InChI is InChI=1S/C28H36N2O5/c1-32-24-7-6-20(13-25(24)33-2)8-11-29-10-4-3-5-21(17-29)18-30-12-9-22-14-26-27(35-19-34-26)15-23(22)16-28(30)31/h6-7,13-15,21H,3-5,8-12,16-19H2,1-2H3. The molecule has 7 nitrogen and oxygen atoms in total. The van der Waals surface area contributed by atoms with Gasteiger partial charge >= 0.3 is 0 Å². The average Bonchev–Trinajstić information content (AvgIpc) is 3.13. The first-order chi connectivity index (χ1) is 17.1. The second-order valence-electron chi connectivity index (χ2n) is 9.84. The van der Waals surface area contributed by atoms with Gasteiger partial charge in [0, 0.05) is 26.2 Å². The fraction of sp³-hybridized carbons (Fsp3) is 0.536. The Morgan fingerprint density at radius 3 is 2.57 bits per heavy atom. The zero-order valence-electron chi connectivity index (χ0n) is 20.9. The molecule has 0 saturated carbocycles. The summed E-state index contributed by atoms with van der Waals surface area (Å²) < 4.78 is 21.9. The molecule has 7 heteroatoms. The molecule has 1 saturated heterocycles. The largest absolute Gasteiger partial charge is 0.493 e. The molecule has 1 fully saturated rings. The number of ether oxygens (including phenoxy) is 4. The maximum absolute atomic E-state index is 13.2. The average molecular weight is 481 g/mol. The molecule has 35 heavy (non-hydrogen) atoms. The number of amides is 1. The molecule has 1 unspecified atom stereocenters. The lowest BCUT2D eigenvalue weighted by molar-refractivity contribution is -0.130. The van der Waals surface area contributed by atoms with E-state index < -0.39 is 0 Å². The Morgan fingerprint density at radius 2 is 1.77 bits per heavy atom. The van der Waals surface area contributed by atoms with Crippen molar-refractivity contribution in [2.75, 3.05) is 53.7 Å². The molecule has 1 atom stereocenters. The second kappa shape index (κ2) is 10.8. The third kappa shape index (κ3) is 5.50. The van der Waals surface area contributed by atoms with E-state index in [2.05, 4.69) is 28.0 Å². The normalized spacial score (nSPS) is 20.2. The zero-order valence-corrected chi connectivity index (χ0v) is 20.9. The molecule has 0 spiro atoms. The van der Waals surface area contributed by atoms with E-state index in [9.17, 15) is 4.79 Å². The summed E-state index contributed by atoms with van der Waals surface area (Å²) >= 11 is 0. The smallest absolute Gasteiger partial charge is 0.231 e. The minimum absolute atomic E-state index is 0.226. The summed E-state index contributed by atoms with van der Waals surface area (Å²) in [6.45, 7) is 5.05.